The highest BCUT2D eigenvalue weighted by Gasteiger charge is 2.46. The lowest BCUT2D eigenvalue weighted by Crippen LogP contribution is -2.44. The lowest BCUT2D eigenvalue weighted by Gasteiger charge is -2.39. The highest BCUT2D eigenvalue weighted by Crippen LogP contribution is 2.52. The van der Waals surface area contributed by atoms with Gasteiger partial charge in [-0.1, -0.05) is 24.3 Å². The maximum atomic E-state index is 12.8. The van der Waals surface area contributed by atoms with E-state index in [4.69, 9.17) is 4.74 Å². The van der Waals surface area contributed by atoms with E-state index in [1.165, 1.54) is 17.4 Å². The summed E-state index contributed by atoms with van der Waals surface area (Å²) in [4.78, 5) is 14.7. The van der Waals surface area contributed by atoms with Crippen molar-refractivity contribution in [3.8, 4) is 0 Å². The smallest absolute Gasteiger partial charge is 0.223 e. The molecule has 7 heteroatoms. The Hall–Kier alpha value is -1.44. The summed E-state index contributed by atoms with van der Waals surface area (Å²) in [5.41, 5.74) is 2.62. The number of carbonyl (C=O) groups excluding carboxylic acids is 1. The summed E-state index contributed by atoms with van der Waals surface area (Å²) in [5.74, 6) is 0.435. The average molecular weight is 393 g/mol. The molecule has 0 aromatic heterocycles. The summed E-state index contributed by atoms with van der Waals surface area (Å²) < 4.78 is 30.7. The molecule has 1 atom stereocenters. The van der Waals surface area contributed by atoms with Crippen molar-refractivity contribution in [1.29, 1.82) is 0 Å². The van der Waals surface area contributed by atoms with Gasteiger partial charge in [-0.2, -0.15) is 0 Å². The van der Waals surface area contributed by atoms with Crippen LogP contribution in [-0.2, 0) is 25.0 Å². The molecule has 6 nitrogen and oxygen atoms in total. The standard InChI is InChI=1S/C20H28N2O4S/c1-27(24,25)22-8-6-20(7-9-22)15-16(17-4-2-3-5-18(17)20)14-19(23)21-10-12-26-13-11-21/h2-5,16H,6-15H2,1H3/t16-/m1/s1. The van der Waals surface area contributed by atoms with Crippen molar-refractivity contribution < 1.29 is 17.9 Å². The fourth-order valence-electron chi connectivity index (χ4n) is 5.08. The van der Waals surface area contributed by atoms with Crippen LogP contribution < -0.4 is 0 Å². The van der Waals surface area contributed by atoms with Crippen LogP contribution in [0.5, 0.6) is 0 Å². The van der Waals surface area contributed by atoms with E-state index in [0.717, 1.165) is 19.3 Å². The Morgan fingerprint density at radius 3 is 2.48 bits per heavy atom. The number of hydrogen-bond acceptors (Lipinski definition) is 4. The molecule has 0 radical (unpaired) electrons. The first-order valence-corrected chi connectivity index (χ1v) is 11.6. The Morgan fingerprint density at radius 1 is 1.15 bits per heavy atom. The molecule has 0 saturated carbocycles. The molecular weight excluding hydrogens is 364 g/mol. The first-order chi connectivity index (χ1) is 12.9. The lowest BCUT2D eigenvalue weighted by molar-refractivity contribution is -0.135. The maximum absolute atomic E-state index is 12.8. The number of morpholine rings is 1. The second-order valence-corrected chi connectivity index (χ2v) is 10.1. The number of nitrogens with zero attached hydrogens (tertiary/aromatic N) is 2. The molecule has 3 aliphatic rings. The van der Waals surface area contributed by atoms with Gasteiger partial charge in [0, 0.05) is 32.6 Å². The Bertz CT molecular complexity index is 809. The van der Waals surface area contributed by atoms with Crippen LogP contribution in [-0.4, -0.2) is 69.2 Å². The molecular formula is C20H28N2O4S. The summed E-state index contributed by atoms with van der Waals surface area (Å²) in [7, 11) is -3.14. The van der Waals surface area contributed by atoms with E-state index < -0.39 is 10.0 Å². The summed E-state index contributed by atoms with van der Waals surface area (Å²) in [6.45, 7) is 3.74. The average Bonchev–Trinajstić information content (AvgIpc) is 2.95. The van der Waals surface area contributed by atoms with E-state index in [1.807, 2.05) is 4.90 Å². The first kappa shape index (κ1) is 18.9. The van der Waals surface area contributed by atoms with Crippen LogP contribution in [0.3, 0.4) is 0 Å². The maximum Gasteiger partial charge on any atom is 0.223 e. The number of rotatable bonds is 3. The summed E-state index contributed by atoms with van der Waals surface area (Å²) in [5, 5.41) is 0. The third-order valence-corrected chi connectivity index (χ3v) is 7.85. The van der Waals surface area contributed by atoms with Gasteiger partial charge in [-0.15, -0.1) is 0 Å². The molecule has 1 aromatic rings. The Balaban J connectivity index is 1.52. The molecule has 2 heterocycles. The van der Waals surface area contributed by atoms with Gasteiger partial charge in [-0.05, 0) is 41.7 Å². The highest BCUT2D eigenvalue weighted by atomic mass is 32.2. The van der Waals surface area contributed by atoms with Gasteiger partial charge < -0.3 is 9.64 Å². The summed E-state index contributed by atoms with van der Waals surface area (Å²) in [6, 6.07) is 8.46. The van der Waals surface area contributed by atoms with E-state index in [1.54, 1.807) is 4.31 Å². The fourth-order valence-corrected chi connectivity index (χ4v) is 5.93. The van der Waals surface area contributed by atoms with Gasteiger partial charge in [0.1, 0.15) is 0 Å². The zero-order chi connectivity index (χ0) is 19.1. The van der Waals surface area contributed by atoms with Crippen LogP contribution in [0, 0.1) is 0 Å². The van der Waals surface area contributed by atoms with Crippen LogP contribution in [0.2, 0.25) is 0 Å². The SMILES string of the molecule is CS(=O)(=O)N1CCC2(CC1)C[C@@H](CC(=O)N1CCOCC1)c1ccccc12. The zero-order valence-electron chi connectivity index (χ0n) is 15.9. The molecule has 1 spiro atoms. The number of carbonyl (C=O) groups is 1. The topological polar surface area (TPSA) is 66.9 Å². The van der Waals surface area contributed by atoms with Crippen LogP contribution >= 0.6 is 0 Å². The van der Waals surface area contributed by atoms with Gasteiger partial charge in [-0.3, -0.25) is 4.79 Å². The largest absolute Gasteiger partial charge is 0.378 e. The van der Waals surface area contributed by atoms with Crippen LogP contribution in [0.1, 0.15) is 42.7 Å². The van der Waals surface area contributed by atoms with Gasteiger partial charge in [-0.25, -0.2) is 12.7 Å². The van der Waals surface area contributed by atoms with Crippen LogP contribution in [0.15, 0.2) is 24.3 Å². The number of fused-ring (bicyclic) bond motifs is 2. The molecule has 0 unspecified atom stereocenters. The molecule has 27 heavy (non-hydrogen) atoms. The van der Waals surface area contributed by atoms with E-state index >= 15 is 0 Å². The fraction of sp³-hybridized carbons (Fsp3) is 0.650. The number of hydrogen-bond donors (Lipinski definition) is 0. The second-order valence-electron chi connectivity index (χ2n) is 8.13. The number of sulfonamides is 1. The zero-order valence-corrected chi connectivity index (χ0v) is 16.7. The van der Waals surface area contributed by atoms with Crippen molar-refractivity contribution in [2.45, 2.75) is 37.0 Å². The van der Waals surface area contributed by atoms with Crippen molar-refractivity contribution in [3.05, 3.63) is 35.4 Å². The predicted octanol–water partition coefficient (Wildman–Crippen LogP) is 1.72. The second kappa shape index (κ2) is 7.18. The van der Waals surface area contributed by atoms with Gasteiger partial charge in [0.15, 0.2) is 0 Å². The van der Waals surface area contributed by atoms with Gasteiger partial charge >= 0.3 is 0 Å². The third-order valence-electron chi connectivity index (χ3n) is 6.54. The minimum atomic E-state index is -3.14. The Labute approximate surface area is 161 Å². The minimum Gasteiger partial charge on any atom is -0.378 e. The van der Waals surface area contributed by atoms with Crippen molar-refractivity contribution in [3.63, 3.8) is 0 Å². The first-order valence-electron chi connectivity index (χ1n) is 9.79. The lowest BCUT2D eigenvalue weighted by atomic mass is 9.73. The molecule has 1 amide bonds. The quantitative estimate of drug-likeness (QED) is 0.786. The molecule has 0 bridgehead atoms. The van der Waals surface area contributed by atoms with Crippen LogP contribution in [0.4, 0.5) is 0 Å². The molecule has 4 rings (SSSR count). The van der Waals surface area contributed by atoms with Gasteiger partial charge in [0.05, 0.1) is 19.5 Å². The van der Waals surface area contributed by atoms with Gasteiger partial charge in [0.2, 0.25) is 15.9 Å². The van der Waals surface area contributed by atoms with E-state index in [-0.39, 0.29) is 17.2 Å². The molecule has 0 N–H and O–H groups in total. The van der Waals surface area contributed by atoms with Crippen LogP contribution in [0.25, 0.3) is 0 Å². The normalized spacial score (nSPS) is 25.5. The number of amides is 1. The molecule has 1 aromatic carbocycles. The van der Waals surface area contributed by atoms with Crippen molar-refractivity contribution in [2.24, 2.45) is 0 Å². The number of piperidine rings is 1. The number of benzene rings is 1. The molecule has 2 saturated heterocycles. The number of ether oxygens (including phenoxy) is 1. The Morgan fingerprint density at radius 2 is 1.81 bits per heavy atom. The van der Waals surface area contributed by atoms with Gasteiger partial charge in [0.25, 0.3) is 0 Å². The summed E-state index contributed by atoms with van der Waals surface area (Å²) >= 11 is 0. The van der Waals surface area contributed by atoms with Crippen molar-refractivity contribution in [1.82, 2.24) is 9.21 Å². The van der Waals surface area contributed by atoms with Crippen molar-refractivity contribution >= 4 is 15.9 Å². The minimum absolute atomic E-state index is 0.00768. The monoisotopic (exact) mass is 392 g/mol. The molecule has 148 valence electrons. The van der Waals surface area contributed by atoms with E-state index in [0.29, 0.717) is 45.8 Å². The molecule has 1 aliphatic carbocycles. The summed E-state index contributed by atoms with van der Waals surface area (Å²) in [6.07, 6.45) is 4.44. The predicted molar refractivity (Wildman–Crippen MR) is 103 cm³/mol. The molecule has 2 fully saturated rings. The molecule has 2 aliphatic heterocycles. The van der Waals surface area contributed by atoms with E-state index in [9.17, 15) is 13.2 Å². The third kappa shape index (κ3) is 3.65. The highest BCUT2D eigenvalue weighted by molar-refractivity contribution is 7.88. The Kier molecular flexibility index (Phi) is 5.03. The van der Waals surface area contributed by atoms with E-state index in [2.05, 4.69) is 24.3 Å². The van der Waals surface area contributed by atoms with Crippen molar-refractivity contribution in [2.75, 3.05) is 45.6 Å².